The number of nitrogens with one attached hydrogen (secondary N) is 1. The van der Waals surface area contributed by atoms with Gasteiger partial charge in [0.15, 0.2) is 11.5 Å². The van der Waals surface area contributed by atoms with Crippen molar-refractivity contribution >= 4 is 26.0 Å². The first-order valence-electron chi connectivity index (χ1n) is 6.29. The zero-order chi connectivity index (χ0) is 14.8. The van der Waals surface area contributed by atoms with E-state index in [4.69, 9.17) is 9.47 Å². The van der Waals surface area contributed by atoms with Crippen LogP contribution in [0.15, 0.2) is 23.1 Å². The lowest BCUT2D eigenvalue weighted by molar-refractivity contribution is 0.171. The summed E-state index contributed by atoms with van der Waals surface area (Å²) in [7, 11) is -3.54. The Kier molecular flexibility index (Phi) is 4.61. The standard InChI is InChI=1S/C13H18BrNO4S/c1-13(2,8-14)9-15-20(16,17)10-3-4-11-12(7-10)19-6-5-18-11/h3-4,7,15H,5-6,8-9H2,1-2H3. The first-order chi connectivity index (χ1) is 9.34. The Hall–Kier alpha value is -0.790. The largest absolute Gasteiger partial charge is 0.486 e. The number of sulfonamides is 1. The molecule has 0 aliphatic carbocycles. The highest BCUT2D eigenvalue weighted by Crippen LogP contribution is 2.32. The lowest BCUT2D eigenvalue weighted by atomic mass is 9.98. The molecule has 1 N–H and O–H groups in total. The molecule has 0 fully saturated rings. The summed E-state index contributed by atoms with van der Waals surface area (Å²) in [6, 6.07) is 4.65. The van der Waals surface area contributed by atoms with Crippen LogP contribution in [0.25, 0.3) is 0 Å². The van der Waals surface area contributed by atoms with E-state index in [0.717, 1.165) is 0 Å². The van der Waals surface area contributed by atoms with E-state index in [0.29, 0.717) is 36.6 Å². The van der Waals surface area contributed by atoms with Crippen LogP contribution in [0.4, 0.5) is 0 Å². The molecule has 1 aliphatic heterocycles. The number of ether oxygens (including phenoxy) is 2. The summed E-state index contributed by atoms with van der Waals surface area (Å²) in [6.07, 6.45) is 0. The molecular formula is C13H18BrNO4S. The molecule has 0 saturated heterocycles. The van der Waals surface area contributed by atoms with Gasteiger partial charge in [0.25, 0.3) is 0 Å². The predicted molar refractivity (Wildman–Crippen MR) is 80.2 cm³/mol. The second-order valence-electron chi connectivity index (χ2n) is 5.43. The number of halogens is 1. The second-order valence-corrected chi connectivity index (χ2v) is 7.76. The van der Waals surface area contributed by atoms with Gasteiger partial charge in [-0.2, -0.15) is 0 Å². The Morgan fingerprint density at radius 1 is 1.25 bits per heavy atom. The van der Waals surface area contributed by atoms with Crippen molar-refractivity contribution in [2.24, 2.45) is 5.41 Å². The van der Waals surface area contributed by atoms with Gasteiger partial charge in [-0.3, -0.25) is 0 Å². The summed E-state index contributed by atoms with van der Waals surface area (Å²) >= 11 is 3.37. The maximum Gasteiger partial charge on any atom is 0.240 e. The average Bonchev–Trinajstić information content (AvgIpc) is 2.45. The molecule has 5 nitrogen and oxygen atoms in total. The van der Waals surface area contributed by atoms with Crippen molar-refractivity contribution in [3.8, 4) is 11.5 Å². The summed E-state index contributed by atoms with van der Waals surface area (Å²) in [5, 5.41) is 0.712. The lowest BCUT2D eigenvalue weighted by Crippen LogP contribution is -2.35. The van der Waals surface area contributed by atoms with Gasteiger partial charge >= 0.3 is 0 Å². The van der Waals surface area contributed by atoms with Gasteiger partial charge in [-0.1, -0.05) is 29.8 Å². The molecule has 0 atom stereocenters. The molecular weight excluding hydrogens is 346 g/mol. The Balaban J connectivity index is 2.17. The lowest BCUT2D eigenvalue weighted by Gasteiger charge is -2.22. The third-order valence-electron chi connectivity index (χ3n) is 2.93. The molecule has 7 heteroatoms. The summed E-state index contributed by atoms with van der Waals surface area (Å²) < 4.78 is 37.9. The van der Waals surface area contributed by atoms with Crippen LogP contribution >= 0.6 is 15.9 Å². The summed E-state index contributed by atoms with van der Waals surface area (Å²) in [5.74, 6) is 1.05. The van der Waals surface area contributed by atoms with E-state index in [2.05, 4.69) is 20.7 Å². The molecule has 0 radical (unpaired) electrons. The Bertz CT molecular complexity index is 586. The SMILES string of the molecule is CC(C)(CBr)CNS(=O)(=O)c1ccc2c(c1)OCCO2. The maximum atomic E-state index is 12.3. The quantitative estimate of drug-likeness (QED) is 0.814. The van der Waals surface area contributed by atoms with Crippen LogP contribution in [0.1, 0.15) is 13.8 Å². The van der Waals surface area contributed by atoms with E-state index in [1.165, 1.54) is 12.1 Å². The van der Waals surface area contributed by atoms with E-state index < -0.39 is 10.0 Å². The van der Waals surface area contributed by atoms with Gasteiger partial charge in [0, 0.05) is 17.9 Å². The Morgan fingerprint density at radius 3 is 2.55 bits per heavy atom. The van der Waals surface area contributed by atoms with Crippen molar-refractivity contribution in [1.29, 1.82) is 0 Å². The minimum atomic E-state index is -3.54. The number of fused-ring (bicyclic) bond motifs is 1. The first-order valence-corrected chi connectivity index (χ1v) is 8.90. The minimum absolute atomic E-state index is 0.152. The zero-order valence-electron chi connectivity index (χ0n) is 11.5. The molecule has 0 spiro atoms. The van der Waals surface area contributed by atoms with Crippen LogP contribution in [0.5, 0.6) is 11.5 Å². The Morgan fingerprint density at radius 2 is 1.90 bits per heavy atom. The molecule has 0 unspecified atom stereocenters. The van der Waals surface area contributed by atoms with Crippen molar-refractivity contribution in [2.75, 3.05) is 25.1 Å². The van der Waals surface area contributed by atoms with Crippen LogP contribution < -0.4 is 14.2 Å². The van der Waals surface area contributed by atoms with Gasteiger partial charge in [0.1, 0.15) is 13.2 Å². The normalized spacial score (nSPS) is 15.2. The topological polar surface area (TPSA) is 64.6 Å². The molecule has 112 valence electrons. The molecule has 1 aliphatic rings. The molecule has 0 aromatic heterocycles. The van der Waals surface area contributed by atoms with Crippen molar-refractivity contribution in [3.05, 3.63) is 18.2 Å². The summed E-state index contributed by atoms with van der Waals surface area (Å²) in [5.41, 5.74) is -0.152. The second kappa shape index (κ2) is 5.91. The highest BCUT2D eigenvalue weighted by Gasteiger charge is 2.23. The molecule has 1 aromatic carbocycles. The van der Waals surface area contributed by atoms with Gasteiger partial charge in [0.2, 0.25) is 10.0 Å². The molecule has 0 saturated carbocycles. The smallest absolute Gasteiger partial charge is 0.240 e. The maximum absolute atomic E-state index is 12.3. The monoisotopic (exact) mass is 363 g/mol. The fourth-order valence-corrected chi connectivity index (χ4v) is 3.07. The van der Waals surface area contributed by atoms with E-state index >= 15 is 0 Å². The van der Waals surface area contributed by atoms with Crippen LogP contribution in [0, 0.1) is 5.41 Å². The van der Waals surface area contributed by atoms with Gasteiger partial charge in [-0.25, -0.2) is 13.1 Å². The van der Waals surface area contributed by atoms with Crippen molar-refractivity contribution in [1.82, 2.24) is 4.72 Å². The van der Waals surface area contributed by atoms with Gasteiger partial charge in [-0.05, 0) is 17.5 Å². The van der Waals surface area contributed by atoms with E-state index in [9.17, 15) is 8.42 Å². The fourth-order valence-electron chi connectivity index (χ4n) is 1.61. The molecule has 1 aromatic rings. The highest BCUT2D eigenvalue weighted by atomic mass is 79.9. The minimum Gasteiger partial charge on any atom is -0.486 e. The van der Waals surface area contributed by atoms with Crippen molar-refractivity contribution in [2.45, 2.75) is 18.7 Å². The van der Waals surface area contributed by atoms with Gasteiger partial charge < -0.3 is 9.47 Å². The fraction of sp³-hybridized carbons (Fsp3) is 0.538. The van der Waals surface area contributed by atoms with Crippen LogP contribution in [-0.4, -0.2) is 33.5 Å². The number of hydrogen-bond acceptors (Lipinski definition) is 4. The van der Waals surface area contributed by atoms with Crippen LogP contribution in [-0.2, 0) is 10.0 Å². The van der Waals surface area contributed by atoms with Crippen molar-refractivity contribution < 1.29 is 17.9 Å². The average molecular weight is 364 g/mol. The van der Waals surface area contributed by atoms with Crippen LogP contribution in [0.3, 0.4) is 0 Å². The Labute approximate surface area is 127 Å². The molecule has 20 heavy (non-hydrogen) atoms. The van der Waals surface area contributed by atoms with Gasteiger partial charge in [0.05, 0.1) is 4.90 Å². The number of rotatable bonds is 5. The van der Waals surface area contributed by atoms with Gasteiger partial charge in [-0.15, -0.1) is 0 Å². The molecule has 0 bridgehead atoms. The van der Waals surface area contributed by atoms with Crippen molar-refractivity contribution in [3.63, 3.8) is 0 Å². The molecule has 0 amide bonds. The number of hydrogen-bond donors (Lipinski definition) is 1. The highest BCUT2D eigenvalue weighted by molar-refractivity contribution is 9.09. The number of benzene rings is 1. The third kappa shape index (κ3) is 3.65. The van der Waals surface area contributed by atoms with Crippen LogP contribution in [0.2, 0.25) is 0 Å². The first kappa shape index (κ1) is 15.6. The number of alkyl halides is 1. The summed E-state index contributed by atoms with van der Waals surface area (Å²) in [4.78, 5) is 0.187. The third-order valence-corrected chi connectivity index (χ3v) is 5.84. The van der Waals surface area contributed by atoms with E-state index in [1.54, 1.807) is 6.07 Å². The van der Waals surface area contributed by atoms with E-state index in [1.807, 2.05) is 13.8 Å². The zero-order valence-corrected chi connectivity index (χ0v) is 13.9. The molecule has 2 rings (SSSR count). The summed E-state index contributed by atoms with van der Waals surface area (Å²) in [6.45, 7) is 5.23. The van der Waals surface area contributed by atoms with E-state index in [-0.39, 0.29) is 10.3 Å². The predicted octanol–water partition coefficient (Wildman–Crippen LogP) is 2.16. The molecule has 1 heterocycles.